The SMILES string of the molecule is CCC1CN(C2(CN)CCC(C(C)(C)C)CC2)CCO1. The van der Waals surface area contributed by atoms with Crippen molar-refractivity contribution in [1.29, 1.82) is 0 Å². The van der Waals surface area contributed by atoms with Crippen molar-refractivity contribution >= 4 is 0 Å². The van der Waals surface area contributed by atoms with Gasteiger partial charge in [0.15, 0.2) is 0 Å². The molecule has 2 N–H and O–H groups in total. The van der Waals surface area contributed by atoms with Crippen molar-refractivity contribution in [3.8, 4) is 0 Å². The van der Waals surface area contributed by atoms with Gasteiger partial charge in [-0.15, -0.1) is 0 Å². The van der Waals surface area contributed by atoms with E-state index in [1.54, 1.807) is 0 Å². The number of ether oxygens (including phenoxy) is 1. The summed E-state index contributed by atoms with van der Waals surface area (Å²) in [6.07, 6.45) is 6.71. The highest BCUT2D eigenvalue weighted by atomic mass is 16.5. The van der Waals surface area contributed by atoms with Gasteiger partial charge in [0.2, 0.25) is 0 Å². The van der Waals surface area contributed by atoms with Crippen LogP contribution >= 0.6 is 0 Å². The Balaban J connectivity index is 2.01. The van der Waals surface area contributed by atoms with Crippen LogP contribution in [0.3, 0.4) is 0 Å². The Morgan fingerprint density at radius 1 is 1.25 bits per heavy atom. The van der Waals surface area contributed by atoms with Crippen LogP contribution < -0.4 is 5.73 Å². The molecule has 2 aliphatic rings. The number of morpholine rings is 1. The minimum absolute atomic E-state index is 0.249. The van der Waals surface area contributed by atoms with Gasteiger partial charge in [0.25, 0.3) is 0 Å². The molecule has 0 aromatic carbocycles. The van der Waals surface area contributed by atoms with Crippen LogP contribution in [0.4, 0.5) is 0 Å². The van der Waals surface area contributed by atoms with E-state index in [1.165, 1.54) is 25.7 Å². The average Bonchev–Trinajstić information content (AvgIpc) is 2.46. The maximum absolute atomic E-state index is 6.23. The fourth-order valence-corrected chi connectivity index (χ4v) is 4.07. The molecule has 1 unspecified atom stereocenters. The van der Waals surface area contributed by atoms with E-state index in [4.69, 9.17) is 10.5 Å². The normalized spacial score (nSPS) is 37.0. The minimum Gasteiger partial charge on any atom is -0.376 e. The summed E-state index contributed by atoms with van der Waals surface area (Å²) in [5, 5.41) is 0. The summed E-state index contributed by atoms with van der Waals surface area (Å²) in [4.78, 5) is 2.66. The molecule has 3 heteroatoms. The number of nitrogens with zero attached hydrogens (tertiary/aromatic N) is 1. The zero-order valence-electron chi connectivity index (χ0n) is 14.0. The molecule has 1 saturated heterocycles. The van der Waals surface area contributed by atoms with Crippen LogP contribution in [0.5, 0.6) is 0 Å². The third-order valence-electron chi connectivity index (χ3n) is 5.79. The largest absolute Gasteiger partial charge is 0.376 e. The van der Waals surface area contributed by atoms with Gasteiger partial charge in [0.1, 0.15) is 0 Å². The molecule has 0 amide bonds. The van der Waals surface area contributed by atoms with E-state index in [-0.39, 0.29) is 5.54 Å². The van der Waals surface area contributed by atoms with E-state index in [0.717, 1.165) is 38.6 Å². The van der Waals surface area contributed by atoms with Crippen LogP contribution in [0.1, 0.15) is 59.8 Å². The second-order valence-corrected chi connectivity index (χ2v) is 7.92. The predicted octanol–water partition coefficient (Wildman–Crippen LogP) is 3.03. The quantitative estimate of drug-likeness (QED) is 0.864. The smallest absolute Gasteiger partial charge is 0.0700 e. The fraction of sp³-hybridized carbons (Fsp3) is 1.00. The van der Waals surface area contributed by atoms with Crippen LogP contribution in [-0.4, -0.2) is 42.8 Å². The van der Waals surface area contributed by atoms with Gasteiger partial charge in [-0.3, -0.25) is 4.90 Å². The van der Waals surface area contributed by atoms with Crippen molar-refractivity contribution in [3.63, 3.8) is 0 Å². The lowest BCUT2D eigenvalue weighted by Crippen LogP contribution is -2.60. The van der Waals surface area contributed by atoms with Crippen molar-refractivity contribution < 1.29 is 4.74 Å². The minimum atomic E-state index is 0.249. The van der Waals surface area contributed by atoms with Gasteiger partial charge in [-0.05, 0) is 43.4 Å². The molecule has 20 heavy (non-hydrogen) atoms. The highest BCUT2D eigenvalue weighted by Gasteiger charge is 2.43. The zero-order valence-corrected chi connectivity index (χ0v) is 14.0. The Kier molecular flexibility index (Phi) is 5.14. The van der Waals surface area contributed by atoms with Crippen molar-refractivity contribution in [2.24, 2.45) is 17.1 Å². The molecule has 1 saturated carbocycles. The summed E-state index contributed by atoms with van der Waals surface area (Å²) in [6.45, 7) is 13.2. The molecule has 1 heterocycles. The zero-order chi connectivity index (χ0) is 14.8. The summed E-state index contributed by atoms with van der Waals surface area (Å²) in [5.74, 6) is 0.852. The maximum Gasteiger partial charge on any atom is 0.0700 e. The monoisotopic (exact) mass is 282 g/mol. The van der Waals surface area contributed by atoms with E-state index < -0.39 is 0 Å². The molecule has 2 fully saturated rings. The van der Waals surface area contributed by atoms with Gasteiger partial charge in [-0.25, -0.2) is 0 Å². The molecular formula is C17H34N2O. The topological polar surface area (TPSA) is 38.5 Å². The summed E-state index contributed by atoms with van der Waals surface area (Å²) >= 11 is 0. The third kappa shape index (κ3) is 3.37. The second kappa shape index (κ2) is 6.33. The molecule has 0 aromatic rings. The first kappa shape index (κ1) is 16.3. The molecule has 1 aliphatic heterocycles. The highest BCUT2D eigenvalue weighted by molar-refractivity contribution is 4.99. The van der Waals surface area contributed by atoms with Gasteiger partial charge in [0.05, 0.1) is 12.7 Å². The van der Waals surface area contributed by atoms with Gasteiger partial charge in [-0.1, -0.05) is 27.7 Å². The van der Waals surface area contributed by atoms with Gasteiger partial charge >= 0.3 is 0 Å². The van der Waals surface area contributed by atoms with E-state index in [2.05, 4.69) is 32.6 Å². The summed E-state index contributed by atoms with van der Waals surface area (Å²) in [5.41, 5.74) is 6.92. The fourth-order valence-electron chi connectivity index (χ4n) is 4.07. The van der Waals surface area contributed by atoms with E-state index in [1.807, 2.05) is 0 Å². The van der Waals surface area contributed by atoms with Gasteiger partial charge in [-0.2, -0.15) is 0 Å². The lowest BCUT2D eigenvalue weighted by molar-refractivity contribution is -0.0846. The molecule has 1 aliphatic carbocycles. The Labute approximate surface area is 125 Å². The number of hydrogen-bond donors (Lipinski definition) is 1. The summed E-state index contributed by atoms with van der Waals surface area (Å²) in [6, 6.07) is 0. The first-order chi connectivity index (χ1) is 9.41. The van der Waals surface area contributed by atoms with Crippen LogP contribution in [0.2, 0.25) is 0 Å². The van der Waals surface area contributed by atoms with Crippen LogP contribution in [-0.2, 0) is 4.74 Å². The van der Waals surface area contributed by atoms with Crippen molar-refractivity contribution in [1.82, 2.24) is 4.90 Å². The van der Waals surface area contributed by atoms with Crippen molar-refractivity contribution in [3.05, 3.63) is 0 Å². The molecule has 0 spiro atoms. The molecule has 1 atom stereocenters. The first-order valence-corrected chi connectivity index (χ1v) is 8.48. The summed E-state index contributed by atoms with van der Waals surface area (Å²) < 4.78 is 5.83. The first-order valence-electron chi connectivity index (χ1n) is 8.48. The summed E-state index contributed by atoms with van der Waals surface area (Å²) in [7, 11) is 0. The standard InChI is InChI=1S/C17H34N2O/c1-5-15-12-19(10-11-20-15)17(13-18)8-6-14(7-9-17)16(2,3)4/h14-15H,5-13,18H2,1-4H3. The number of nitrogens with two attached hydrogens (primary N) is 1. The Hall–Kier alpha value is -0.120. The molecule has 0 bridgehead atoms. The van der Waals surface area contributed by atoms with Gasteiger partial charge < -0.3 is 10.5 Å². The number of rotatable bonds is 3. The second-order valence-electron chi connectivity index (χ2n) is 7.92. The Bertz CT molecular complexity index is 303. The third-order valence-corrected chi connectivity index (χ3v) is 5.79. The lowest BCUT2D eigenvalue weighted by atomic mass is 9.66. The maximum atomic E-state index is 6.23. The van der Waals surface area contributed by atoms with E-state index in [0.29, 0.717) is 11.5 Å². The molecule has 2 rings (SSSR count). The average molecular weight is 282 g/mol. The molecule has 0 aromatic heterocycles. The Morgan fingerprint density at radius 2 is 1.90 bits per heavy atom. The van der Waals surface area contributed by atoms with Gasteiger partial charge in [0, 0.05) is 25.2 Å². The molecule has 118 valence electrons. The van der Waals surface area contributed by atoms with Crippen LogP contribution in [0, 0.1) is 11.3 Å². The molecule has 0 radical (unpaired) electrons. The molecule has 3 nitrogen and oxygen atoms in total. The lowest BCUT2D eigenvalue weighted by Gasteiger charge is -2.51. The van der Waals surface area contributed by atoms with E-state index in [9.17, 15) is 0 Å². The van der Waals surface area contributed by atoms with Crippen LogP contribution in [0.15, 0.2) is 0 Å². The van der Waals surface area contributed by atoms with Crippen LogP contribution in [0.25, 0.3) is 0 Å². The highest BCUT2D eigenvalue weighted by Crippen LogP contribution is 2.43. The Morgan fingerprint density at radius 3 is 2.40 bits per heavy atom. The molecular weight excluding hydrogens is 248 g/mol. The van der Waals surface area contributed by atoms with Crippen molar-refractivity contribution in [2.45, 2.75) is 71.4 Å². The predicted molar refractivity (Wildman–Crippen MR) is 84.8 cm³/mol. The van der Waals surface area contributed by atoms with E-state index >= 15 is 0 Å². The number of hydrogen-bond acceptors (Lipinski definition) is 3. The van der Waals surface area contributed by atoms with Crippen molar-refractivity contribution in [2.75, 3.05) is 26.2 Å².